The summed E-state index contributed by atoms with van der Waals surface area (Å²) < 4.78 is 12.4. The highest BCUT2D eigenvalue weighted by Gasteiger charge is 2.29. The van der Waals surface area contributed by atoms with Crippen molar-refractivity contribution in [3.63, 3.8) is 0 Å². The van der Waals surface area contributed by atoms with E-state index in [1.807, 2.05) is 38.1 Å². The zero-order valence-corrected chi connectivity index (χ0v) is 17.5. The van der Waals surface area contributed by atoms with Crippen LogP contribution in [0.3, 0.4) is 0 Å². The molecule has 0 aromatic heterocycles. The second-order valence-corrected chi connectivity index (χ2v) is 7.61. The molecule has 3 aromatic rings. The summed E-state index contributed by atoms with van der Waals surface area (Å²) in [4.78, 5) is 12.5. The Kier molecular flexibility index (Phi) is 5.27. The van der Waals surface area contributed by atoms with E-state index in [0.717, 1.165) is 32.1 Å². The van der Waals surface area contributed by atoms with Crippen molar-refractivity contribution in [2.24, 2.45) is 0 Å². The number of carbonyl (C=O) groups excluding carboxylic acids is 1. The molecule has 0 unspecified atom stereocenters. The monoisotopic (exact) mass is 439 g/mol. The smallest absolute Gasteiger partial charge is 0.225 e. The topological polar surface area (TPSA) is 47.6 Å². The van der Waals surface area contributed by atoms with Gasteiger partial charge in [0.25, 0.3) is 0 Å². The summed E-state index contributed by atoms with van der Waals surface area (Å²) in [5.41, 5.74) is 3.06. The zero-order chi connectivity index (χ0) is 19.7. The lowest BCUT2D eigenvalue weighted by molar-refractivity contribution is -0.116. The molecule has 4 rings (SSSR count). The lowest BCUT2D eigenvalue weighted by Crippen LogP contribution is -2.23. The number of benzene rings is 3. The van der Waals surface area contributed by atoms with E-state index in [-0.39, 0.29) is 11.8 Å². The molecular formula is C23H22BrNO3. The quantitative estimate of drug-likeness (QED) is 0.540. The summed E-state index contributed by atoms with van der Waals surface area (Å²) in [6.45, 7) is 5.00. The Morgan fingerprint density at radius 3 is 2.64 bits per heavy atom. The molecule has 1 aliphatic rings. The molecule has 1 heterocycles. The van der Waals surface area contributed by atoms with Gasteiger partial charge in [0.1, 0.15) is 0 Å². The van der Waals surface area contributed by atoms with E-state index < -0.39 is 0 Å². The fraction of sp³-hybridized carbons (Fsp3) is 0.261. The number of amides is 1. The van der Waals surface area contributed by atoms with Crippen LogP contribution in [0, 0.1) is 0 Å². The van der Waals surface area contributed by atoms with Gasteiger partial charge in [-0.15, -0.1) is 0 Å². The van der Waals surface area contributed by atoms with Crippen LogP contribution in [0.5, 0.6) is 11.5 Å². The molecule has 0 aliphatic carbocycles. The largest absolute Gasteiger partial charge is 0.490 e. The van der Waals surface area contributed by atoms with Crippen LogP contribution in [0.2, 0.25) is 0 Å². The average molecular weight is 440 g/mol. The van der Waals surface area contributed by atoms with Crippen LogP contribution in [0.4, 0.5) is 5.69 Å². The van der Waals surface area contributed by atoms with Crippen molar-refractivity contribution in [1.29, 1.82) is 0 Å². The Hall–Kier alpha value is -2.53. The van der Waals surface area contributed by atoms with Crippen molar-refractivity contribution >= 4 is 38.3 Å². The normalized spacial score (nSPS) is 15.8. The van der Waals surface area contributed by atoms with Gasteiger partial charge in [0, 0.05) is 17.7 Å². The van der Waals surface area contributed by atoms with Gasteiger partial charge >= 0.3 is 0 Å². The third kappa shape index (κ3) is 3.35. The summed E-state index contributed by atoms with van der Waals surface area (Å²) in [5, 5.41) is 5.26. The van der Waals surface area contributed by atoms with Crippen molar-refractivity contribution in [3.8, 4) is 11.5 Å². The molecule has 0 saturated carbocycles. The first-order chi connectivity index (χ1) is 13.6. The predicted octanol–water partition coefficient (Wildman–Crippen LogP) is 5.87. The second kappa shape index (κ2) is 7.84. The maximum atomic E-state index is 12.5. The molecule has 5 heteroatoms. The standard InChI is InChI=1S/C23H22BrNO3/c1-3-27-20-12-15(11-19(24)23(20)28-4-2)18-13-21(26)25-22-16-8-6-5-7-14(16)9-10-17(18)22/h5-12,18H,3-4,13H2,1-2H3,(H,25,26)/t18-/m1/s1. The average Bonchev–Trinajstić information content (AvgIpc) is 2.70. The van der Waals surface area contributed by atoms with Gasteiger partial charge in [-0.05, 0) is 58.4 Å². The molecular weight excluding hydrogens is 418 g/mol. The number of hydrogen-bond acceptors (Lipinski definition) is 3. The molecule has 4 nitrogen and oxygen atoms in total. The molecule has 0 fully saturated rings. The first-order valence-electron chi connectivity index (χ1n) is 9.52. The van der Waals surface area contributed by atoms with Crippen molar-refractivity contribution in [2.45, 2.75) is 26.2 Å². The van der Waals surface area contributed by atoms with Gasteiger partial charge < -0.3 is 14.8 Å². The van der Waals surface area contributed by atoms with Gasteiger partial charge in [0.2, 0.25) is 5.91 Å². The summed E-state index contributed by atoms with van der Waals surface area (Å²) in [5.74, 6) is 1.38. The molecule has 144 valence electrons. The van der Waals surface area contributed by atoms with E-state index in [4.69, 9.17) is 9.47 Å². The molecule has 3 aromatic carbocycles. The fourth-order valence-corrected chi connectivity index (χ4v) is 4.41. The number of rotatable bonds is 5. The van der Waals surface area contributed by atoms with Gasteiger partial charge in [-0.1, -0.05) is 36.4 Å². The minimum absolute atomic E-state index is 0.0248. The van der Waals surface area contributed by atoms with Crippen molar-refractivity contribution < 1.29 is 14.3 Å². The van der Waals surface area contributed by atoms with Gasteiger partial charge in [0.05, 0.1) is 23.4 Å². The molecule has 28 heavy (non-hydrogen) atoms. The molecule has 1 aliphatic heterocycles. The zero-order valence-electron chi connectivity index (χ0n) is 15.9. The van der Waals surface area contributed by atoms with Crippen LogP contribution in [-0.4, -0.2) is 19.1 Å². The van der Waals surface area contributed by atoms with Crippen LogP contribution < -0.4 is 14.8 Å². The van der Waals surface area contributed by atoms with Gasteiger partial charge in [-0.3, -0.25) is 4.79 Å². The maximum absolute atomic E-state index is 12.5. The molecule has 1 N–H and O–H groups in total. The van der Waals surface area contributed by atoms with Crippen LogP contribution in [0.25, 0.3) is 10.8 Å². The lowest BCUT2D eigenvalue weighted by atomic mass is 9.83. The van der Waals surface area contributed by atoms with E-state index in [2.05, 4.69) is 45.5 Å². The molecule has 0 bridgehead atoms. The highest BCUT2D eigenvalue weighted by Crippen LogP contribution is 2.45. The van der Waals surface area contributed by atoms with Crippen LogP contribution in [0.1, 0.15) is 37.3 Å². The van der Waals surface area contributed by atoms with Crippen molar-refractivity contribution in [3.05, 3.63) is 64.1 Å². The Morgan fingerprint density at radius 1 is 1.07 bits per heavy atom. The van der Waals surface area contributed by atoms with Crippen LogP contribution in [0.15, 0.2) is 53.0 Å². The first-order valence-corrected chi connectivity index (χ1v) is 10.3. The number of carbonyl (C=O) groups is 1. The number of halogens is 1. The first kappa shape index (κ1) is 18.8. The minimum atomic E-state index is -0.0421. The van der Waals surface area contributed by atoms with Gasteiger partial charge in [0.15, 0.2) is 11.5 Å². The van der Waals surface area contributed by atoms with E-state index in [1.54, 1.807) is 0 Å². The Balaban J connectivity index is 1.86. The summed E-state index contributed by atoms with van der Waals surface area (Å²) >= 11 is 3.62. The van der Waals surface area contributed by atoms with E-state index in [1.165, 1.54) is 0 Å². The van der Waals surface area contributed by atoms with Crippen molar-refractivity contribution in [1.82, 2.24) is 0 Å². The van der Waals surface area contributed by atoms with E-state index >= 15 is 0 Å². The lowest BCUT2D eigenvalue weighted by Gasteiger charge is -2.28. The summed E-state index contributed by atoms with van der Waals surface area (Å²) in [7, 11) is 0. The number of hydrogen-bond donors (Lipinski definition) is 1. The third-order valence-corrected chi connectivity index (χ3v) is 5.60. The SMILES string of the molecule is CCOc1cc([C@H]2CC(=O)Nc3c2ccc2ccccc32)cc(Br)c1OCC. The highest BCUT2D eigenvalue weighted by atomic mass is 79.9. The maximum Gasteiger partial charge on any atom is 0.225 e. The van der Waals surface area contributed by atoms with Crippen LogP contribution in [-0.2, 0) is 4.79 Å². The minimum Gasteiger partial charge on any atom is -0.490 e. The molecule has 1 atom stereocenters. The van der Waals surface area contributed by atoms with Gasteiger partial charge in [-0.2, -0.15) is 0 Å². The molecule has 0 spiro atoms. The van der Waals surface area contributed by atoms with Crippen molar-refractivity contribution in [2.75, 3.05) is 18.5 Å². The Morgan fingerprint density at radius 2 is 1.86 bits per heavy atom. The van der Waals surface area contributed by atoms with E-state index in [0.29, 0.717) is 31.1 Å². The van der Waals surface area contributed by atoms with Gasteiger partial charge in [-0.25, -0.2) is 0 Å². The van der Waals surface area contributed by atoms with Crippen LogP contribution >= 0.6 is 15.9 Å². The molecule has 0 radical (unpaired) electrons. The Labute approximate surface area is 173 Å². The van der Waals surface area contributed by atoms with E-state index in [9.17, 15) is 4.79 Å². The molecule has 1 amide bonds. The third-order valence-electron chi connectivity index (χ3n) is 5.01. The number of nitrogens with one attached hydrogen (secondary N) is 1. The summed E-state index contributed by atoms with van der Waals surface area (Å²) in [6, 6.07) is 16.4. The number of ether oxygens (including phenoxy) is 2. The predicted molar refractivity (Wildman–Crippen MR) is 116 cm³/mol. The highest BCUT2D eigenvalue weighted by molar-refractivity contribution is 9.10. The number of fused-ring (bicyclic) bond motifs is 3. The summed E-state index contributed by atoms with van der Waals surface area (Å²) in [6.07, 6.45) is 0.400. The number of anilines is 1. The fourth-order valence-electron chi connectivity index (χ4n) is 3.84. The second-order valence-electron chi connectivity index (χ2n) is 6.75. The molecule has 0 saturated heterocycles. The Bertz CT molecular complexity index is 1050.